The van der Waals surface area contributed by atoms with Gasteiger partial charge in [0, 0.05) is 36.6 Å². The van der Waals surface area contributed by atoms with Crippen LogP contribution in [-0.2, 0) is 11.2 Å². The molecule has 18 heavy (non-hydrogen) atoms. The zero-order valence-electron chi connectivity index (χ0n) is 10.7. The number of rotatable bonds is 3. The van der Waals surface area contributed by atoms with Gasteiger partial charge in [0.2, 0.25) is 5.91 Å². The summed E-state index contributed by atoms with van der Waals surface area (Å²) in [5.41, 5.74) is 1.20. The molecule has 98 valence electrons. The van der Waals surface area contributed by atoms with Gasteiger partial charge in [0.15, 0.2) is 0 Å². The van der Waals surface area contributed by atoms with E-state index in [9.17, 15) is 4.79 Å². The Morgan fingerprint density at radius 2 is 2.28 bits per heavy atom. The number of carbonyl (C=O) groups is 1. The second kappa shape index (κ2) is 6.34. The molecule has 0 bridgehead atoms. The summed E-state index contributed by atoms with van der Waals surface area (Å²) in [5.74, 6) is 0.263. The van der Waals surface area contributed by atoms with Gasteiger partial charge in [-0.05, 0) is 25.0 Å². The largest absolute Gasteiger partial charge is 0.340 e. The van der Waals surface area contributed by atoms with Crippen molar-refractivity contribution in [2.75, 3.05) is 19.6 Å². The van der Waals surface area contributed by atoms with Gasteiger partial charge in [-0.1, -0.05) is 34.1 Å². The highest BCUT2D eigenvalue weighted by Gasteiger charge is 2.20. The first-order valence-corrected chi connectivity index (χ1v) is 7.20. The summed E-state index contributed by atoms with van der Waals surface area (Å²) in [6, 6.07) is 8.50. The Hall–Kier alpha value is -0.870. The summed E-state index contributed by atoms with van der Waals surface area (Å²) in [5, 5.41) is 3.35. The van der Waals surface area contributed by atoms with Gasteiger partial charge < -0.3 is 10.2 Å². The maximum Gasteiger partial charge on any atom is 0.222 e. The minimum atomic E-state index is 0.263. The Balaban J connectivity index is 1.86. The molecule has 1 aliphatic rings. The van der Waals surface area contributed by atoms with E-state index in [0.717, 1.165) is 30.5 Å². The number of halogens is 1. The van der Waals surface area contributed by atoms with Crippen LogP contribution in [0.25, 0.3) is 0 Å². The Kier molecular flexibility index (Phi) is 4.78. The number of amides is 1. The molecule has 1 amide bonds. The highest BCUT2D eigenvalue weighted by Crippen LogP contribution is 2.17. The Morgan fingerprint density at radius 3 is 3.00 bits per heavy atom. The van der Waals surface area contributed by atoms with Crippen LogP contribution in [-0.4, -0.2) is 36.5 Å². The van der Waals surface area contributed by atoms with Crippen molar-refractivity contribution in [2.45, 2.75) is 25.8 Å². The number of piperazine rings is 1. The van der Waals surface area contributed by atoms with Crippen molar-refractivity contribution in [1.29, 1.82) is 0 Å². The van der Waals surface area contributed by atoms with E-state index in [1.165, 1.54) is 5.56 Å². The third-order valence-electron chi connectivity index (χ3n) is 3.29. The maximum absolute atomic E-state index is 12.1. The average molecular weight is 311 g/mol. The molecule has 0 unspecified atom stereocenters. The first-order valence-electron chi connectivity index (χ1n) is 6.41. The van der Waals surface area contributed by atoms with Crippen LogP contribution in [0.15, 0.2) is 28.7 Å². The van der Waals surface area contributed by atoms with E-state index < -0.39 is 0 Å². The average Bonchev–Trinajstić information content (AvgIpc) is 2.37. The maximum atomic E-state index is 12.1. The standard InChI is InChI=1S/C14H19BrN2O/c1-11-10-17(9-8-16-11)14(18)7-6-12-4-2-3-5-13(12)15/h2-5,11,16H,6-10H2,1H3/t11-/m0/s1. The number of hydrogen-bond donors (Lipinski definition) is 1. The zero-order valence-corrected chi connectivity index (χ0v) is 12.2. The summed E-state index contributed by atoms with van der Waals surface area (Å²) >= 11 is 3.52. The molecular formula is C14H19BrN2O. The fourth-order valence-electron chi connectivity index (χ4n) is 2.26. The highest BCUT2D eigenvalue weighted by molar-refractivity contribution is 9.10. The topological polar surface area (TPSA) is 32.3 Å². The quantitative estimate of drug-likeness (QED) is 0.928. The van der Waals surface area contributed by atoms with E-state index in [2.05, 4.69) is 34.2 Å². The Morgan fingerprint density at radius 1 is 1.50 bits per heavy atom. The van der Waals surface area contributed by atoms with Crippen LogP contribution >= 0.6 is 15.9 Å². The van der Waals surface area contributed by atoms with Crippen LogP contribution in [0, 0.1) is 0 Å². The van der Waals surface area contributed by atoms with Crippen molar-refractivity contribution >= 4 is 21.8 Å². The van der Waals surface area contributed by atoms with Crippen LogP contribution in [0.1, 0.15) is 18.9 Å². The minimum Gasteiger partial charge on any atom is -0.340 e. The molecule has 0 aliphatic carbocycles. The van der Waals surface area contributed by atoms with Gasteiger partial charge in [-0.2, -0.15) is 0 Å². The number of nitrogens with zero attached hydrogens (tertiary/aromatic N) is 1. The summed E-state index contributed by atoms with van der Waals surface area (Å²) < 4.78 is 1.09. The number of aryl methyl sites for hydroxylation is 1. The van der Waals surface area contributed by atoms with E-state index in [0.29, 0.717) is 12.5 Å². The lowest BCUT2D eigenvalue weighted by atomic mass is 10.1. The van der Waals surface area contributed by atoms with Crippen LogP contribution in [0.4, 0.5) is 0 Å². The molecule has 0 aromatic heterocycles. The molecule has 1 saturated heterocycles. The van der Waals surface area contributed by atoms with Gasteiger partial charge in [0.1, 0.15) is 0 Å². The van der Waals surface area contributed by atoms with Crippen molar-refractivity contribution in [1.82, 2.24) is 10.2 Å². The van der Waals surface area contributed by atoms with E-state index in [-0.39, 0.29) is 5.91 Å². The number of carbonyl (C=O) groups excluding carboxylic acids is 1. The van der Waals surface area contributed by atoms with Crippen molar-refractivity contribution < 1.29 is 4.79 Å². The van der Waals surface area contributed by atoms with Gasteiger partial charge in [-0.3, -0.25) is 4.79 Å². The fourth-order valence-corrected chi connectivity index (χ4v) is 2.74. The zero-order chi connectivity index (χ0) is 13.0. The van der Waals surface area contributed by atoms with E-state index in [1.807, 2.05) is 23.1 Å². The van der Waals surface area contributed by atoms with Crippen LogP contribution in [0.2, 0.25) is 0 Å². The van der Waals surface area contributed by atoms with E-state index in [1.54, 1.807) is 0 Å². The first kappa shape index (κ1) is 13.6. The minimum absolute atomic E-state index is 0.263. The molecule has 4 heteroatoms. The molecule has 1 N–H and O–H groups in total. The third kappa shape index (κ3) is 3.56. The van der Waals surface area contributed by atoms with E-state index in [4.69, 9.17) is 0 Å². The predicted molar refractivity (Wildman–Crippen MR) is 76.5 cm³/mol. The van der Waals surface area contributed by atoms with Gasteiger partial charge in [0.05, 0.1) is 0 Å². The molecule has 2 rings (SSSR count). The fraction of sp³-hybridized carbons (Fsp3) is 0.500. The Bertz CT molecular complexity index is 422. The van der Waals surface area contributed by atoms with Crippen molar-refractivity contribution in [2.24, 2.45) is 0 Å². The predicted octanol–water partition coefficient (Wildman–Crippen LogP) is 2.20. The molecule has 0 saturated carbocycles. The summed E-state index contributed by atoms with van der Waals surface area (Å²) in [6.45, 7) is 4.68. The van der Waals surface area contributed by atoms with Crippen LogP contribution in [0.5, 0.6) is 0 Å². The SMILES string of the molecule is C[C@H]1CN(C(=O)CCc2ccccc2Br)CCN1. The van der Waals surface area contributed by atoms with Gasteiger partial charge >= 0.3 is 0 Å². The second-order valence-corrected chi connectivity index (χ2v) is 5.64. The molecule has 1 heterocycles. The smallest absolute Gasteiger partial charge is 0.222 e. The number of nitrogens with one attached hydrogen (secondary N) is 1. The lowest BCUT2D eigenvalue weighted by Gasteiger charge is -2.32. The molecular weight excluding hydrogens is 292 g/mol. The molecule has 0 radical (unpaired) electrons. The number of hydrogen-bond acceptors (Lipinski definition) is 2. The molecule has 3 nitrogen and oxygen atoms in total. The molecule has 0 spiro atoms. The monoisotopic (exact) mass is 310 g/mol. The van der Waals surface area contributed by atoms with Crippen molar-refractivity contribution in [3.05, 3.63) is 34.3 Å². The lowest BCUT2D eigenvalue weighted by molar-refractivity contribution is -0.132. The molecule has 1 atom stereocenters. The molecule has 1 fully saturated rings. The van der Waals surface area contributed by atoms with Gasteiger partial charge in [-0.15, -0.1) is 0 Å². The van der Waals surface area contributed by atoms with Crippen molar-refractivity contribution in [3.8, 4) is 0 Å². The normalized spacial score (nSPS) is 19.9. The van der Waals surface area contributed by atoms with Crippen LogP contribution < -0.4 is 5.32 Å². The lowest BCUT2D eigenvalue weighted by Crippen LogP contribution is -2.51. The Labute approximate surface area is 117 Å². The first-order chi connectivity index (χ1) is 8.66. The molecule has 1 aromatic rings. The molecule has 1 aromatic carbocycles. The van der Waals surface area contributed by atoms with Gasteiger partial charge in [-0.25, -0.2) is 0 Å². The third-order valence-corrected chi connectivity index (χ3v) is 4.06. The summed E-state index contributed by atoms with van der Waals surface area (Å²) in [6.07, 6.45) is 1.40. The summed E-state index contributed by atoms with van der Waals surface area (Å²) in [4.78, 5) is 14.1. The molecule has 1 aliphatic heterocycles. The van der Waals surface area contributed by atoms with Crippen molar-refractivity contribution in [3.63, 3.8) is 0 Å². The highest BCUT2D eigenvalue weighted by atomic mass is 79.9. The van der Waals surface area contributed by atoms with Crippen LogP contribution in [0.3, 0.4) is 0 Å². The number of benzene rings is 1. The van der Waals surface area contributed by atoms with Gasteiger partial charge in [0.25, 0.3) is 0 Å². The second-order valence-electron chi connectivity index (χ2n) is 4.79. The summed E-state index contributed by atoms with van der Waals surface area (Å²) in [7, 11) is 0. The van der Waals surface area contributed by atoms with E-state index >= 15 is 0 Å².